The Bertz CT molecular complexity index is 1340. The van der Waals surface area contributed by atoms with Gasteiger partial charge in [-0.05, 0) is 30.7 Å². The van der Waals surface area contributed by atoms with Gasteiger partial charge in [0.2, 0.25) is 26.0 Å². The van der Waals surface area contributed by atoms with Gasteiger partial charge in [0, 0.05) is 29.2 Å². The zero-order valence-corrected chi connectivity index (χ0v) is 18.8. The van der Waals surface area contributed by atoms with E-state index in [1.807, 2.05) is 0 Å². The molecule has 0 fully saturated rings. The molecule has 1 amide bonds. The van der Waals surface area contributed by atoms with Gasteiger partial charge in [-0.25, -0.2) is 18.4 Å². The average molecular weight is 499 g/mol. The molecule has 3 N–H and O–H groups in total. The maximum atomic E-state index is 13.5. The summed E-state index contributed by atoms with van der Waals surface area (Å²) < 4.78 is 63.8. The molecule has 0 radical (unpaired) electrons. The van der Waals surface area contributed by atoms with Crippen LogP contribution in [0.15, 0.2) is 34.1 Å². The van der Waals surface area contributed by atoms with Crippen molar-refractivity contribution in [1.82, 2.24) is 15.0 Å². The number of rotatable bonds is 6. The van der Waals surface area contributed by atoms with Crippen LogP contribution in [0.1, 0.15) is 29.8 Å². The SMILES string of the molecule is CC(Nc1nc(Nc2ccc3c(c2)CC(=O)N3)ncc1C(F)(F)F)c1csc(S(C)(=O)=O)n1. The lowest BCUT2D eigenvalue weighted by Gasteiger charge is -2.18. The molecule has 3 heterocycles. The van der Waals surface area contributed by atoms with E-state index in [0.717, 1.165) is 23.2 Å². The smallest absolute Gasteiger partial charge is 0.361 e. The van der Waals surface area contributed by atoms with Crippen LogP contribution < -0.4 is 16.0 Å². The molecule has 1 unspecified atom stereocenters. The van der Waals surface area contributed by atoms with Crippen LogP contribution in [0.3, 0.4) is 0 Å². The predicted octanol–water partition coefficient (Wildman–Crippen LogP) is 3.77. The number of sulfone groups is 1. The van der Waals surface area contributed by atoms with Gasteiger partial charge in [0.1, 0.15) is 11.4 Å². The second-order valence-electron chi connectivity index (χ2n) is 7.35. The number of halogens is 3. The van der Waals surface area contributed by atoms with E-state index in [9.17, 15) is 26.4 Å². The number of amides is 1. The first-order chi connectivity index (χ1) is 15.4. The van der Waals surface area contributed by atoms with Crippen molar-refractivity contribution < 1.29 is 26.4 Å². The molecule has 4 rings (SSSR count). The second kappa shape index (κ2) is 8.26. The summed E-state index contributed by atoms with van der Waals surface area (Å²) >= 11 is 0.884. The van der Waals surface area contributed by atoms with Crippen molar-refractivity contribution in [1.29, 1.82) is 0 Å². The van der Waals surface area contributed by atoms with E-state index in [1.54, 1.807) is 25.1 Å². The highest BCUT2D eigenvalue weighted by Gasteiger charge is 2.36. The molecule has 0 saturated carbocycles. The summed E-state index contributed by atoms with van der Waals surface area (Å²) in [6.07, 6.45) is -2.86. The standard InChI is InChI=1S/C19H17F3N6O3S2/c1-9(14-8-32-18(27-14)33(2,30)31)24-16-12(19(20,21)22)7-23-17(28-16)25-11-3-4-13-10(5-11)6-15(29)26-13/h3-5,7-9H,6H2,1-2H3,(H,26,29)(H2,23,24,25,28). The molecule has 1 aliphatic rings. The average Bonchev–Trinajstić information content (AvgIpc) is 3.33. The van der Waals surface area contributed by atoms with E-state index in [-0.39, 0.29) is 28.3 Å². The van der Waals surface area contributed by atoms with Crippen LogP contribution in [-0.4, -0.2) is 35.5 Å². The van der Waals surface area contributed by atoms with Crippen LogP contribution in [0.25, 0.3) is 0 Å². The lowest BCUT2D eigenvalue weighted by Crippen LogP contribution is -2.17. The number of carbonyl (C=O) groups is 1. The van der Waals surface area contributed by atoms with Gasteiger partial charge in [-0.15, -0.1) is 11.3 Å². The Balaban J connectivity index is 1.61. The molecule has 9 nitrogen and oxygen atoms in total. The zero-order valence-electron chi connectivity index (χ0n) is 17.2. The molecule has 0 saturated heterocycles. The maximum Gasteiger partial charge on any atom is 0.421 e. The van der Waals surface area contributed by atoms with Gasteiger partial charge in [-0.2, -0.15) is 18.2 Å². The number of aromatic nitrogens is 3. The number of thiazole rings is 1. The molecule has 0 spiro atoms. The highest BCUT2D eigenvalue weighted by atomic mass is 32.2. The molecule has 33 heavy (non-hydrogen) atoms. The van der Waals surface area contributed by atoms with Gasteiger partial charge in [0.05, 0.1) is 18.2 Å². The third kappa shape index (κ3) is 5.06. The second-order valence-corrected chi connectivity index (χ2v) is 10.4. The fourth-order valence-corrected chi connectivity index (χ4v) is 4.86. The van der Waals surface area contributed by atoms with Gasteiger partial charge in [-0.1, -0.05) is 0 Å². The van der Waals surface area contributed by atoms with Crippen molar-refractivity contribution in [2.45, 2.75) is 29.9 Å². The number of benzene rings is 1. The van der Waals surface area contributed by atoms with Crippen LogP contribution in [0.5, 0.6) is 0 Å². The van der Waals surface area contributed by atoms with Crippen LogP contribution in [0.2, 0.25) is 0 Å². The lowest BCUT2D eigenvalue weighted by molar-refractivity contribution is -0.137. The molecule has 1 aliphatic heterocycles. The van der Waals surface area contributed by atoms with Gasteiger partial charge < -0.3 is 16.0 Å². The molecular formula is C19H17F3N6O3S2. The number of fused-ring (bicyclic) bond motifs is 1. The number of anilines is 4. The minimum atomic E-state index is -4.72. The van der Waals surface area contributed by atoms with Crippen molar-refractivity contribution in [2.75, 3.05) is 22.2 Å². The number of alkyl halides is 3. The molecule has 1 aromatic carbocycles. The molecule has 0 aliphatic carbocycles. The van der Waals surface area contributed by atoms with E-state index in [0.29, 0.717) is 17.6 Å². The first-order valence-electron chi connectivity index (χ1n) is 9.46. The molecule has 2 aromatic heterocycles. The summed E-state index contributed by atoms with van der Waals surface area (Å²) in [5.41, 5.74) is 1.10. The summed E-state index contributed by atoms with van der Waals surface area (Å²) in [5, 5.41) is 9.65. The summed E-state index contributed by atoms with van der Waals surface area (Å²) in [4.78, 5) is 23.3. The quantitative estimate of drug-likeness (QED) is 0.469. The van der Waals surface area contributed by atoms with Gasteiger partial charge in [-0.3, -0.25) is 4.79 Å². The first kappa shape index (κ1) is 22.9. The molecule has 14 heteroatoms. The van der Waals surface area contributed by atoms with E-state index in [1.165, 1.54) is 5.38 Å². The fraction of sp³-hybridized carbons (Fsp3) is 0.263. The third-order valence-electron chi connectivity index (χ3n) is 4.70. The van der Waals surface area contributed by atoms with Crippen LogP contribution in [0.4, 0.5) is 36.3 Å². The minimum absolute atomic E-state index is 0.0926. The fourth-order valence-electron chi connectivity index (χ4n) is 3.11. The molecule has 0 bridgehead atoms. The predicted molar refractivity (Wildman–Crippen MR) is 116 cm³/mol. The number of nitrogens with one attached hydrogen (secondary N) is 3. The largest absolute Gasteiger partial charge is 0.421 e. The maximum absolute atomic E-state index is 13.5. The molecule has 174 valence electrons. The first-order valence-corrected chi connectivity index (χ1v) is 12.2. The van der Waals surface area contributed by atoms with E-state index in [4.69, 9.17) is 0 Å². The number of nitrogens with zero attached hydrogens (tertiary/aromatic N) is 3. The van der Waals surface area contributed by atoms with E-state index in [2.05, 4.69) is 30.9 Å². The van der Waals surface area contributed by atoms with Gasteiger partial charge >= 0.3 is 6.18 Å². The van der Waals surface area contributed by atoms with Gasteiger partial charge in [0.15, 0.2) is 0 Å². The number of carbonyl (C=O) groups excluding carboxylic acids is 1. The summed E-state index contributed by atoms with van der Waals surface area (Å²) in [7, 11) is -3.53. The van der Waals surface area contributed by atoms with Crippen LogP contribution in [0, 0.1) is 0 Å². The molecular weight excluding hydrogens is 481 g/mol. The Kier molecular flexibility index (Phi) is 5.74. The number of hydrogen-bond acceptors (Lipinski definition) is 9. The van der Waals surface area contributed by atoms with E-state index < -0.39 is 33.4 Å². The normalized spacial score (nSPS) is 14.5. The van der Waals surface area contributed by atoms with Crippen molar-refractivity contribution in [3.8, 4) is 0 Å². The van der Waals surface area contributed by atoms with Crippen LogP contribution >= 0.6 is 11.3 Å². The minimum Gasteiger partial charge on any atom is -0.361 e. The Hall–Kier alpha value is -3.26. The van der Waals surface area contributed by atoms with Crippen molar-refractivity contribution >= 4 is 50.2 Å². The Morgan fingerprint density at radius 1 is 1.24 bits per heavy atom. The zero-order chi connectivity index (χ0) is 24.0. The van der Waals surface area contributed by atoms with E-state index >= 15 is 0 Å². The summed E-state index contributed by atoms with van der Waals surface area (Å²) in [6.45, 7) is 1.54. The highest BCUT2D eigenvalue weighted by molar-refractivity contribution is 7.92. The van der Waals surface area contributed by atoms with Crippen molar-refractivity contribution in [2.24, 2.45) is 0 Å². The highest BCUT2D eigenvalue weighted by Crippen LogP contribution is 2.36. The van der Waals surface area contributed by atoms with Gasteiger partial charge in [0.25, 0.3) is 0 Å². The summed E-state index contributed by atoms with van der Waals surface area (Å²) in [5.74, 6) is -0.723. The van der Waals surface area contributed by atoms with Crippen molar-refractivity contribution in [3.05, 3.63) is 46.6 Å². The molecule has 1 atom stereocenters. The Morgan fingerprint density at radius 2 is 2.00 bits per heavy atom. The Labute approximate surface area is 190 Å². The lowest BCUT2D eigenvalue weighted by atomic mass is 10.1. The monoisotopic (exact) mass is 498 g/mol. The Morgan fingerprint density at radius 3 is 2.67 bits per heavy atom. The molecule has 3 aromatic rings. The van der Waals surface area contributed by atoms with Crippen LogP contribution in [-0.2, 0) is 27.2 Å². The summed E-state index contributed by atoms with van der Waals surface area (Å²) in [6, 6.07) is 4.24. The van der Waals surface area contributed by atoms with Crippen molar-refractivity contribution in [3.63, 3.8) is 0 Å². The number of hydrogen-bond donors (Lipinski definition) is 3. The topological polar surface area (TPSA) is 126 Å². The third-order valence-corrected chi connectivity index (χ3v) is 7.27.